The van der Waals surface area contributed by atoms with Crippen LogP contribution in [0.25, 0.3) is 0 Å². The molecule has 7 fully saturated rings. The minimum Gasteiger partial charge on any atom is -0.464 e. The Hall–Kier alpha value is -2.01. The molecule has 3 heterocycles. The Bertz CT molecular complexity index is 1120. The predicted octanol–water partition coefficient (Wildman–Crippen LogP) is 3.32. The van der Waals surface area contributed by atoms with Gasteiger partial charge < -0.3 is 34.9 Å². The number of carbonyl (C=O) groups excluding carboxylic acids is 3. The van der Waals surface area contributed by atoms with Crippen LogP contribution in [0.15, 0.2) is 11.6 Å². The van der Waals surface area contributed by atoms with Crippen molar-refractivity contribution >= 4 is 17.8 Å². The first-order valence-electron chi connectivity index (χ1n) is 17.0. The third-order valence-electron chi connectivity index (χ3n) is 12.0. The molecule has 7 aliphatic rings. The van der Waals surface area contributed by atoms with Crippen LogP contribution in [0.5, 0.6) is 0 Å². The van der Waals surface area contributed by atoms with Gasteiger partial charge in [0.15, 0.2) is 0 Å². The molecule has 4 aliphatic carbocycles. The van der Waals surface area contributed by atoms with Crippen LogP contribution >= 0.6 is 0 Å². The number of rotatable bonds is 12. The maximum atomic E-state index is 14.0. The zero-order chi connectivity index (χ0) is 31.2. The zero-order valence-electron chi connectivity index (χ0n) is 27.1. The highest BCUT2D eigenvalue weighted by Crippen LogP contribution is 2.60. The van der Waals surface area contributed by atoms with E-state index in [1.54, 1.807) is 7.11 Å². The molecule has 0 unspecified atom stereocenters. The standard InChI is InChI=1S/C34H53N3O7/c1-22(2)8-9-25-31(3,44-25)27-26(41-4)23(10-11-34(27)21-43-34)37-30(40)33-15-12-32(13-16-33,14-17-33)29(39)36-19-6-20-42-28(38)24-7-5-18-35-24/h8,23-27,35H,5-7,9-21H2,1-4H3,(H,36,39)(H,37,40)/t23-,24+,25-,26-,27-,31-,32?,33?,34+/m1/s1. The average molecular weight is 616 g/mol. The summed E-state index contributed by atoms with van der Waals surface area (Å²) in [7, 11) is 1.75. The molecule has 10 heteroatoms. The van der Waals surface area contributed by atoms with E-state index in [-0.39, 0.29) is 59.2 Å². The number of hydrogen-bond acceptors (Lipinski definition) is 8. The van der Waals surface area contributed by atoms with E-state index in [4.69, 9.17) is 18.9 Å². The van der Waals surface area contributed by atoms with Crippen molar-refractivity contribution in [1.29, 1.82) is 0 Å². The number of hydrogen-bond donors (Lipinski definition) is 3. The number of nitrogens with one attached hydrogen (secondary N) is 3. The lowest BCUT2D eigenvalue weighted by Crippen LogP contribution is -2.62. The fourth-order valence-corrected chi connectivity index (χ4v) is 8.95. The van der Waals surface area contributed by atoms with E-state index in [0.717, 1.165) is 83.8 Å². The Balaban J connectivity index is 0.998. The van der Waals surface area contributed by atoms with Crippen molar-refractivity contribution in [3.63, 3.8) is 0 Å². The molecule has 3 aliphatic heterocycles. The van der Waals surface area contributed by atoms with Gasteiger partial charge in [0, 0.05) is 30.4 Å². The fourth-order valence-electron chi connectivity index (χ4n) is 8.95. The quantitative estimate of drug-likeness (QED) is 0.132. The number of allylic oxidation sites excluding steroid dienone is 1. The molecule has 4 saturated carbocycles. The van der Waals surface area contributed by atoms with E-state index in [1.165, 1.54) is 5.57 Å². The van der Waals surface area contributed by atoms with Crippen molar-refractivity contribution in [1.82, 2.24) is 16.0 Å². The molecule has 7 rings (SSSR count). The Labute approximate surface area is 262 Å². The number of esters is 1. The van der Waals surface area contributed by atoms with Crippen molar-refractivity contribution in [3.8, 4) is 0 Å². The second-order valence-corrected chi connectivity index (χ2v) is 14.9. The maximum Gasteiger partial charge on any atom is 0.323 e. The summed E-state index contributed by atoms with van der Waals surface area (Å²) in [4.78, 5) is 39.3. The van der Waals surface area contributed by atoms with Crippen molar-refractivity contribution in [2.45, 2.75) is 133 Å². The van der Waals surface area contributed by atoms with Crippen LogP contribution in [0.1, 0.15) is 97.8 Å². The second-order valence-electron chi connectivity index (χ2n) is 14.9. The molecule has 0 aromatic heterocycles. The molecule has 3 saturated heterocycles. The fraction of sp³-hybridized carbons (Fsp3) is 0.853. The first-order valence-corrected chi connectivity index (χ1v) is 17.0. The summed E-state index contributed by atoms with van der Waals surface area (Å²) in [6, 6.07) is -0.281. The highest BCUT2D eigenvalue weighted by molar-refractivity contribution is 5.87. The number of ether oxygens (including phenoxy) is 4. The number of carbonyl (C=O) groups is 3. The molecule has 0 radical (unpaired) electrons. The van der Waals surface area contributed by atoms with E-state index in [9.17, 15) is 14.4 Å². The van der Waals surface area contributed by atoms with E-state index < -0.39 is 10.8 Å². The van der Waals surface area contributed by atoms with Gasteiger partial charge in [-0.05, 0) is 104 Å². The third-order valence-corrected chi connectivity index (χ3v) is 12.0. The molecule has 0 aromatic carbocycles. The van der Waals surface area contributed by atoms with Gasteiger partial charge in [-0.1, -0.05) is 11.6 Å². The van der Waals surface area contributed by atoms with Crippen molar-refractivity contribution in [2.24, 2.45) is 16.7 Å². The van der Waals surface area contributed by atoms with Crippen LogP contribution in [0, 0.1) is 16.7 Å². The predicted molar refractivity (Wildman–Crippen MR) is 164 cm³/mol. The Morgan fingerprint density at radius 1 is 1.00 bits per heavy atom. The topological polar surface area (TPSA) is 131 Å². The highest BCUT2D eigenvalue weighted by Gasteiger charge is 2.72. The SMILES string of the molecule is CO[C@@H]1[C@H](NC(=O)C23CCC(C(=O)NCCCOC(=O)[C@@H]4CCCN4)(CC2)CC3)CC[C@]2(CO2)[C@H]1[C@]1(C)O[C@@H]1CC=C(C)C. The summed E-state index contributed by atoms with van der Waals surface area (Å²) in [5.74, 6) is 0.0659. The van der Waals surface area contributed by atoms with Crippen LogP contribution in [-0.4, -0.2) is 86.7 Å². The van der Waals surface area contributed by atoms with Crippen LogP contribution in [0.4, 0.5) is 0 Å². The Morgan fingerprint density at radius 3 is 2.27 bits per heavy atom. The largest absolute Gasteiger partial charge is 0.464 e. The summed E-state index contributed by atoms with van der Waals surface area (Å²) in [5.41, 5.74) is -0.0806. The van der Waals surface area contributed by atoms with Gasteiger partial charge in [-0.25, -0.2) is 0 Å². The van der Waals surface area contributed by atoms with Crippen LogP contribution < -0.4 is 16.0 Å². The minimum absolute atomic E-state index is 0.0593. The molecule has 2 amide bonds. The van der Waals surface area contributed by atoms with Gasteiger partial charge in [-0.15, -0.1) is 0 Å². The first-order chi connectivity index (χ1) is 21.1. The number of methoxy groups -OCH3 is 1. The van der Waals surface area contributed by atoms with E-state index in [0.29, 0.717) is 19.6 Å². The summed E-state index contributed by atoms with van der Waals surface area (Å²) in [6.45, 7) is 8.79. The Morgan fingerprint density at radius 2 is 1.68 bits per heavy atom. The smallest absolute Gasteiger partial charge is 0.323 e. The molecule has 1 spiro atoms. The molecule has 44 heavy (non-hydrogen) atoms. The van der Waals surface area contributed by atoms with Crippen LogP contribution in [0.3, 0.4) is 0 Å². The lowest BCUT2D eigenvalue weighted by Gasteiger charge is -2.52. The van der Waals surface area contributed by atoms with Gasteiger partial charge in [0.2, 0.25) is 11.8 Å². The monoisotopic (exact) mass is 615 g/mol. The van der Waals surface area contributed by atoms with E-state index in [2.05, 4.69) is 42.8 Å². The first kappa shape index (κ1) is 32.0. The molecular weight excluding hydrogens is 562 g/mol. The number of fused-ring (bicyclic) bond motifs is 3. The van der Waals surface area contributed by atoms with Gasteiger partial charge >= 0.3 is 5.97 Å². The molecule has 7 atom stereocenters. The lowest BCUT2D eigenvalue weighted by atomic mass is 9.53. The van der Waals surface area contributed by atoms with Gasteiger partial charge in [0.25, 0.3) is 0 Å². The van der Waals surface area contributed by atoms with Gasteiger partial charge in [0.1, 0.15) is 11.6 Å². The molecule has 3 N–H and O–H groups in total. The summed E-state index contributed by atoms with van der Waals surface area (Å²) < 4.78 is 24.0. The van der Waals surface area contributed by atoms with Gasteiger partial charge in [-0.3, -0.25) is 14.4 Å². The van der Waals surface area contributed by atoms with Crippen molar-refractivity contribution in [2.75, 3.05) is 33.4 Å². The average Bonchev–Trinajstić information content (AvgIpc) is 3.86. The molecule has 10 nitrogen and oxygen atoms in total. The highest BCUT2D eigenvalue weighted by atomic mass is 16.6. The molecule has 0 aromatic rings. The third kappa shape index (κ3) is 5.96. The lowest BCUT2D eigenvalue weighted by molar-refractivity contribution is -0.153. The van der Waals surface area contributed by atoms with Crippen molar-refractivity contribution < 1.29 is 33.3 Å². The van der Waals surface area contributed by atoms with Crippen LogP contribution in [-0.2, 0) is 33.3 Å². The summed E-state index contributed by atoms with van der Waals surface area (Å²) in [6.07, 6.45) is 11.6. The summed E-state index contributed by atoms with van der Waals surface area (Å²) in [5, 5.41) is 9.70. The van der Waals surface area contributed by atoms with Crippen LogP contribution in [0.2, 0.25) is 0 Å². The molecular formula is C34H53N3O7. The number of epoxide rings is 2. The van der Waals surface area contributed by atoms with Gasteiger partial charge in [0.05, 0.1) is 37.1 Å². The van der Waals surface area contributed by atoms with Gasteiger partial charge in [-0.2, -0.15) is 0 Å². The van der Waals surface area contributed by atoms with E-state index in [1.807, 2.05) is 0 Å². The Kier molecular flexibility index (Phi) is 8.93. The summed E-state index contributed by atoms with van der Waals surface area (Å²) >= 11 is 0. The van der Waals surface area contributed by atoms with Crippen molar-refractivity contribution in [3.05, 3.63) is 11.6 Å². The minimum atomic E-state index is -0.421. The second kappa shape index (κ2) is 12.3. The van der Waals surface area contributed by atoms with E-state index >= 15 is 0 Å². The molecule has 2 bridgehead atoms. The number of amides is 2. The molecule has 246 valence electrons. The maximum absolute atomic E-state index is 14.0. The normalized spacial score (nSPS) is 42.0. The zero-order valence-corrected chi connectivity index (χ0v) is 27.1.